The van der Waals surface area contributed by atoms with Gasteiger partial charge in [0.1, 0.15) is 0 Å². The number of anilines is 1. The summed E-state index contributed by atoms with van der Waals surface area (Å²) in [6, 6.07) is 11.8. The Kier molecular flexibility index (Phi) is 8.85. The van der Waals surface area contributed by atoms with E-state index in [9.17, 15) is 13.2 Å². The van der Waals surface area contributed by atoms with Gasteiger partial charge in [0.2, 0.25) is 15.9 Å². The second-order valence-electron chi connectivity index (χ2n) is 10.6. The molecule has 2 aromatic rings. The summed E-state index contributed by atoms with van der Waals surface area (Å²) in [6.45, 7) is 16.8. The van der Waals surface area contributed by atoms with Crippen molar-refractivity contribution in [3.63, 3.8) is 0 Å². The van der Waals surface area contributed by atoms with E-state index >= 15 is 0 Å². The van der Waals surface area contributed by atoms with Gasteiger partial charge in [0.05, 0.1) is 18.0 Å². The first-order chi connectivity index (χ1) is 18.1. The van der Waals surface area contributed by atoms with Crippen LogP contribution in [0.25, 0.3) is 4.85 Å². The number of hydrogen-bond donors (Lipinski definition) is 2. The highest BCUT2D eigenvalue weighted by Gasteiger charge is 2.38. The molecule has 4 rings (SSSR count). The van der Waals surface area contributed by atoms with Gasteiger partial charge < -0.3 is 11.1 Å². The number of likely N-dealkylation sites (tertiary alicyclic amines) is 1. The minimum Gasteiger partial charge on any atom is -0.328 e. The molecule has 0 bridgehead atoms. The molecule has 2 saturated heterocycles. The minimum atomic E-state index is -3.77. The third-order valence-electron chi connectivity index (χ3n) is 7.55. The van der Waals surface area contributed by atoms with Crippen LogP contribution in [0.3, 0.4) is 0 Å². The molecule has 2 aromatic carbocycles. The van der Waals surface area contributed by atoms with Gasteiger partial charge in [0.25, 0.3) is 0 Å². The molecule has 2 atom stereocenters. The van der Waals surface area contributed by atoms with E-state index in [1.54, 1.807) is 12.1 Å². The maximum absolute atomic E-state index is 13.4. The van der Waals surface area contributed by atoms with Crippen molar-refractivity contribution in [3.05, 3.63) is 65.0 Å². The number of carbonyl (C=O) groups is 1. The summed E-state index contributed by atoms with van der Waals surface area (Å²) in [5, 5.41) is 3.07. The van der Waals surface area contributed by atoms with Crippen molar-refractivity contribution in [2.75, 3.05) is 38.0 Å². The number of hydrogen-bond acceptors (Lipinski definition) is 6. The fourth-order valence-corrected chi connectivity index (χ4v) is 7.43. The molecule has 9 nitrogen and oxygen atoms in total. The molecule has 0 spiro atoms. The Labute approximate surface area is 226 Å². The molecular formula is C28H38N6O3S. The summed E-state index contributed by atoms with van der Waals surface area (Å²) < 4.78 is 28.3. The van der Waals surface area contributed by atoms with Crippen molar-refractivity contribution < 1.29 is 13.2 Å². The van der Waals surface area contributed by atoms with E-state index in [0.29, 0.717) is 24.8 Å². The summed E-state index contributed by atoms with van der Waals surface area (Å²) in [4.78, 5) is 20.9. The lowest BCUT2D eigenvalue weighted by Gasteiger charge is -2.43. The number of piperazine rings is 1. The van der Waals surface area contributed by atoms with Crippen LogP contribution in [-0.2, 0) is 21.4 Å². The molecule has 0 aliphatic carbocycles. The van der Waals surface area contributed by atoms with Gasteiger partial charge in [-0.15, -0.1) is 0 Å². The first-order valence-electron chi connectivity index (χ1n) is 13.2. The molecule has 38 heavy (non-hydrogen) atoms. The van der Waals surface area contributed by atoms with Crippen LogP contribution in [0.1, 0.15) is 37.8 Å². The molecule has 10 heteroatoms. The topological polar surface area (TPSA) is 103 Å². The van der Waals surface area contributed by atoms with Crippen molar-refractivity contribution in [3.8, 4) is 0 Å². The summed E-state index contributed by atoms with van der Waals surface area (Å²) in [5.74, 6) is -0.116. The summed E-state index contributed by atoms with van der Waals surface area (Å²) in [7, 11) is -3.77. The van der Waals surface area contributed by atoms with Crippen molar-refractivity contribution in [2.24, 2.45) is 5.73 Å². The average Bonchev–Trinajstić information content (AvgIpc) is 2.87. The zero-order valence-corrected chi connectivity index (χ0v) is 23.2. The fraction of sp³-hybridized carbons (Fsp3) is 0.500. The maximum atomic E-state index is 13.4. The van der Waals surface area contributed by atoms with Crippen LogP contribution in [-0.4, -0.2) is 79.3 Å². The van der Waals surface area contributed by atoms with Crippen molar-refractivity contribution in [2.45, 2.75) is 63.2 Å². The zero-order chi connectivity index (χ0) is 27.4. The molecule has 0 saturated carbocycles. The number of benzene rings is 2. The van der Waals surface area contributed by atoms with Crippen LogP contribution >= 0.6 is 0 Å². The van der Waals surface area contributed by atoms with Gasteiger partial charge in [-0.1, -0.05) is 24.3 Å². The molecule has 1 amide bonds. The summed E-state index contributed by atoms with van der Waals surface area (Å²) in [5.41, 5.74) is 9.40. The largest absolute Gasteiger partial charge is 0.328 e. The number of nitrogens with two attached hydrogens (primary N) is 1. The Bertz CT molecular complexity index is 1290. The Balaban J connectivity index is 1.37. The predicted octanol–water partition coefficient (Wildman–Crippen LogP) is 3.19. The molecule has 2 aliphatic rings. The summed E-state index contributed by atoms with van der Waals surface area (Å²) in [6.07, 6.45) is 2.02. The number of nitrogens with zero attached hydrogens (tertiary/aromatic N) is 4. The van der Waals surface area contributed by atoms with E-state index in [0.717, 1.165) is 43.7 Å². The third-order valence-corrected chi connectivity index (χ3v) is 9.67. The van der Waals surface area contributed by atoms with Gasteiger partial charge >= 0.3 is 0 Å². The first-order valence-corrected chi connectivity index (χ1v) is 14.6. The van der Waals surface area contributed by atoms with Crippen LogP contribution < -0.4 is 11.1 Å². The van der Waals surface area contributed by atoms with Gasteiger partial charge in [-0.25, -0.2) is 13.3 Å². The number of nitrogens with one attached hydrogen (secondary N) is 1. The van der Waals surface area contributed by atoms with E-state index < -0.39 is 10.0 Å². The second kappa shape index (κ2) is 11.9. The van der Waals surface area contributed by atoms with E-state index in [-0.39, 0.29) is 29.4 Å². The molecule has 3 N–H and O–H groups in total. The number of amides is 1. The van der Waals surface area contributed by atoms with Gasteiger partial charge in [-0.2, -0.15) is 4.31 Å². The Morgan fingerprint density at radius 3 is 2.39 bits per heavy atom. The van der Waals surface area contributed by atoms with Gasteiger partial charge in [-0.05, 0) is 76.0 Å². The van der Waals surface area contributed by atoms with Crippen LogP contribution in [0, 0.1) is 13.5 Å². The van der Waals surface area contributed by atoms with Crippen molar-refractivity contribution in [1.29, 1.82) is 0 Å². The summed E-state index contributed by atoms with van der Waals surface area (Å²) >= 11 is 0. The number of carbonyl (C=O) groups excluding carboxylic acids is 1. The van der Waals surface area contributed by atoms with Crippen LogP contribution in [0.5, 0.6) is 0 Å². The maximum Gasteiger partial charge on any atom is 0.242 e. The predicted molar refractivity (Wildman–Crippen MR) is 149 cm³/mol. The van der Waals surface area contributed by atoms with E-state index in [2.05, 4.69) is 21.1 Å². The molecule has 0 radical (unpaired) electrons. The van der Waals surface area contributed by atoms with Crippen molar-refractivity contribution in [1.82, 2.24) is 14.1 Å². The van der Waals surface area contributed by atoms with E-state index in [4.69, 9.17) is 12.3 Å². The normalized spacial score (nSPS) is 22.2. The smallest absolute Gasteiger partial charge is 0.242 e. The molecule has 2 aliphatic heterocycles. The van der Waals surface area contributed by atoms with Gasteiger partial charge in [0, 0.05) is 43.4 Å². The standard InChI is InChI=1S/C28H38N6O3S/c1-20-16-33(17-21(2)34(20)38(36,37)26-9-6-8-25(15-26)30-4)19-28(35)31-27-10-5-7-23(22(27)3)18-32-13-11-24(29)12-14-32/h5-10,15,20-21,24H,11-14,16-19,29H2,1-3H3,(H,31,35). The number of rotatable bonds is 7. The van der Waals surface area contributed by atoms with Crippen LogP contribution in [0.15, 0.2) is 47.4 Å². The fourth-order valence-electron chi connectivity index (χ4n) is 5.59. The van der Waals surface area contributed by atoms with Gasteiger partial charge in [-0.3, -0.25) is 14.6 Å². The minimum absolute atomic E-state index is 0.116. The Morgan fingerprint density at radius 2 is 1.74 bits per heavy atom. The van der Waals surface area contributed by atoms with Crippen LogP contribution in [0.2, 0.25) is 0 Å². The van der Waals surface area contributed by atoms with Crippen LogP contribution in [0.4, 0.5) is 11.4 Å². The molecular weight excluding hydrogens is 500 g/mol. The molecule has 2 fully saturated rings. The SMILES string of the molecule is [C-]#[N+]c1cccc(S(=O)(=O)N2C(C)CN(CC(=O)Nc3cccc(CN4CCC(N)CC4)c3C)CC2C)c1. The van der Waals surface area contributed by atoms with E-state index in [1.165, 1.54) is 22.0 Å². The average molecular weight is 539 g/mol. The lowest BCUT2D eigenvalue weighted by Crippen LogP contribution is -2.59. The monoisotopic (exact) mass is 538 g/mol. The molecule has 204 valence electrons. The van der Waals surface area contributed by atoms with Crippen molar-refractivity contribution >= 4 is 27.3 Å². The zero-order valence-electron chi connectivity index (χ0n) is 22.4. The third kappa shape index (κ3) is 6.42. The quantitative estimate of drug-likeness (QED) is 0.525. The lowest BCUT2D eigenvalue weighted by molar-refractivity contribution is -0.118. The number of sulfonamides is 1. The van der Waals surface area contributed by atoms with E-state index in [1.807, 2.05) is 37.8 Å². The highest BCUT2D eigenvalue weighted by atomic mass is 32.2. The Hall–Kier alpha value is -2.81. The lowest BCUT2D eigenvalue weighted by atomic mass is 10.0. The van der Waals surface area contributed by atoms with Gasteiger partial charge in [0.15, 0.2) is 5.69 Å². The molecule has 2 heterocycles. The molecule has 0 aromatic heterocycles. The number of piperidine rings is 1. The Morgan fingerprint density at radius 1 is 1.08 bits per heavy atom. The highest BCUT2D eigenvalue weighted by molar-refractivity contribution is 7.89. The molecule has 2 unspecified atom stereocenters. The second-order valence-corrected chi connectivity index (χ2v) is 12.4. The highest BCUT2D eigenvalue weighted by Crippen LogP contribution is 2.28. The first kappa shape index (κ1) is 28.2.